The number of hydrogen-bond acceptors (Lipinski definition) is 5. The van der Waals surface area contributed by atoms with E-state index in [1.54, 1.807) is 18.4 Å². The van der Waals surface area contributed by atoms with E-state index in [0.717, 1.165) is 10.6 Å². The molecule has 5 heteroatoms. The number of aromatic nitrogens is 2. The Labute approximate surface area is 91.8 Å². The molecule has 0 radical (unpaired) electrons. The zero-order chi connectivity index (χ0) is 10.8. The van der Waals surface area contributed by atoms with Crippen molar-refractivity contribution < 1.29 is 4.74 Å². The molecule has 15 heavy (non-hydrogen) atoms. The first-order valence-electron chi connectivity index (χ1n) is 4.43. The summed E-state index contributed by atoms with van der Waals surface area (Å²) in [6, 6.07) is 4.04. The van der Waals surface area contributed by atoms with Crippen LogP contribution in [-0.4, -0.2) is 17.1 Å². The largest absolute Gasteiger partial charge is 0.491 e. The minimum Gasteiger partial charge on any atom is -0.491 e. The fourth-order valence-electron chi connectivity index (χ4n) is 1.33. The fraction of sp³-hybridized carbons (Fsp3) is 0.200. The molecule has 0 saturated carbocycles. The van der Waals surface area contributed by atoms with Gasteiger partial charge in [-0.1, -0.05) is 0 Å². The van der Waals surface area contributed by atoms with Crippen molar-refractivity contribution in [1.82, 2.24) is 9.97 Å². The molecule has 0 atom stereocenters. The maximum absolute atomic E-state index is 5.70. The van der Waals surface area contributed by atoms with Crippen molar-refractivity contribution in [3.8, 4) is 16.3 Å². The molecule has 78 valence electrons. The fourth-order valence-corrected chi connectivity index (χ4v) is 2.19. The van der Waals surface area contributed by atoms with Crippen LogP contribution in [0.2, 0.25) is 0 Å². The number of methoxy groups -OCH3 is 1. The van der Waals surface area contributed by atoms with E-state index in [1.165, 1.54) is 11.2 Å². The molecule has 0 aromatic carbocycles. The third-order valence-electron chi connectivity index (χ3n) is 2.01. The first kappa shape index (κ1) is 9.92. The van der Waals surface area contributed by atoms with E-state index in [0.29, 0.717) is 11.6 Å². The van der Waals surface area contributed by atoms with Crippen LogP contribution in [0.5, 0.6) is 5.75 Å². The lowest BCUT2D eigenvalue weighted by Crippen LogP contribution is -1.98. The van der Waals surface area contributed by atoms with E-state index in [-0.39, 0.29) is 0 Å². The van der Waals surface area contributed by atoms with Crippen LogP contribution in [0.4, 0.5) is 5.82 Å². The van der Waals surface area contributed by atoms with E-state index >= 15 is 0 Å². The lowest BCUT2D eigenvalue weighted by molar-refractivity contribution is 0.415. The van der Waals surface area contributed by atoms with Gasteiger partial charge in [0.25, 0.3) is 0 Å². The van der Waals surface area contributed by atoms with Crippen LogP contribution in [0.25, 0.3) is 10.6 Å². The molecule has 0 bridgehead atoms. The zero-order valence-electron chi connectivity index (χ0n) is 8.52. The summed E-state index contributed by atoms with van der Waals surface area (Å²) < 4.78 is 5.20. The SMILES string of the molecule is COc1c(N)ncnc1-c1ccc(C)s1. The summed E-state index contributed by atoms with van der Waals surface area (Å²) in [6.07, 6.45) is 1.45. The Kier molecular flexibility index (Phi) is 2.55. The number of nitrogens with zero attached hydrogens (tertiary/aromatic N) is 2. The number of ether oxygens (including phenoxy) is 1. The normalized spacial score (nSPS) is 10.3. The molecular weight excluding hydrogens is 210 g/mol. The van der Waals surface area contributed by atoms with Crippen LogP contribution in [0.1, 0.15) is 4.88 Å². The second-order valence-corrected chi connectivity index (χ2v) is 4.34. The van der Waals surface area contributed by atoms with Crippen molar-refractivity contribution in [1.29, 1.82) is 0 Å². The van der Waals surface area contributed by atoms with Crippen LogP contribution in [0.3, 0.4) is 0 Å². The first-order valence-corrected chi connectivity index (χ1v) is 5.25. The Morgan fingerprint density at radius 3 is 2.73 bits per heavy atom. The summed E-state index contributed by atoms with van der Waals surface area (Å²) in [7, 11) is 1.57. The predicted octanol–water partition coefficient (Wildman–Crippen LogP) is 2.10. The lowest BCUT2D eigenvalue weighted by atomic mass is 10.3. The third kappa shape index (κ3) is 1.78. The molecule has 2 aromatic rings. The molecule has 0 fully saturated rings. The topological polar surface area (TPSA) is 61.0 Å². The number of nitrogen functional groups attached to an aromatic ring is 1. The standard InChI is InChI=1S/C10H11N3OS/c1-6-3-4-7(15-6)8-9(14-2)10(11)13-5-12-8/h3-5H,1-2H3,(H2,11,12,13). The van der Waals surface area contributed by atoms with E-state index in [9.17, 15) is 0 Å². The Morgan fingerprint density at radius 1 is 1.33 bits per heavy atom. The zero-order valence-corrected chi connectivity index (χ0v) is 9.34. The summed E-state index contributed by atoms with van der Waals surface area (Å²) in [5.41, 5.74) is 6.46. The molecule has 0 spiro atoms. The van der Waals surface area contributed by atoms with Crippen molar-refractivity contribution in [2.45, 2.75) is 6.92 Å². The van der Waals surface area contributed by atoms with Gasteiger partial charge in [-0.05, 0) is 19.1 Å². The van der Waals surface area contributed by atoms with Gasteiger partial charge in [0.05, 0.1) is 12.0 Å². The molecule has 0 aliphatic heterocycles. The Balaban J connectivity index is 2.57. The molecule has 0 saturated heterocycles. The molecule has 2 aromatic heterocycles. The van der Waals surface area contributed by atoms with E-state index in [1.807, 2.05) is 19.1 Å². The van der Waals surface area contributed by atoms with Crippen LogP contribution < -0.4 is 10.5 Å². The van der Waals surface area contributed by atoms with E-state index in [2.05, 4.69) is 9.97 Å². The maximum Gasteiger partial charge on any atom is 0.188 e. The van der Waals surface area contributed by atoms with Gasteiger partial charge < -0.3 is 10.5 Å². The summed E-state index contributed by atoms with van der Waals surface area (Å²) in [5, 5.41) is 0. The number of hydrogen-bond donors (Lipinski definition) is 1. The van der Waals surface area contributed by atoms with Gasteiger partial charge in [-0.3, -0.25) is 0 Å². The summed E-state index contributed by atoms with van der Waals surface area (Å²) in [5.74, 6) is 0.910. The molecule has 4 nitrogen and oxygen atoms in total. The highest BCUT2D eigenvalue weighted by atomic mass is 32.1. The van der Waals surface area contributed by atoms with Crippen LogP contribution in [0.15, 0.2) is 18.5 Å². The number of anilines is 1. The average Bonchev–Trinajstić information content (AvgIpc) is 2.64. The highest BCUT2D eigenvalue weighted by Crippen LogP contribution is 2.35. The van der Waals surface area contributed by atoms with Gasteiger partial charge in [0, 0.05) is 4.88 Å². The van der Waals surface area contributed by atoms with Crippen LogP contribution in [-0.2, 0) is 0 Å². The van der Waals surface area contributed by atoms with Gasteiger partial charge in [0.2, 0.25) is 0 Å². The minimum absolute atomic E-state index is 0.369. The molecular formula is C10H11N3OS. The molecule has 2 heterocycles. The van der Waals surface area contributed by atoms with Gasteiger partial charge in [-0.25, -0.2) is 9.97 Å². The van der Waals surface area contributed by atoms with Gasteiger partial charge in [0.15, 0.2) is 11.6 Å². The molecule has 0 aliphatic carbocycles. The quantitative estimate of drug-likeness (QED) is 0.843. The van der Waals surface area contributed by atoms with Crippen molar-refractivity contribution in [2.75, 3.05) is 12.8 Å². The third-order valence-corrected chi connectivity index (χ3v) is 3.02. The second kappa shape index (κ2) is 3.86. The number of nitrogens with two attached hydrogens (primary N) is 1. The predicted molar refractivity (Wildman–Crippen MR) is 61.0 cm³/mol. The number of rotatable bonds is 2. The van der Waals surface area contributed by atoms with E-state index < -0.39 is 0 Å². The van der Waals surface area contributed by atoms with Crippen molar-refractivity contribution in [2.24, 2.45) is 0 Å². The summed E-state index contributed by atoms with van der Waals surface area (Å²) in [6.45, 7) is 2.05. The molecule has 0 aliphatic rings. The van der Waals surface area contributed by atoms with Crippen LogP contribution in [0, 0.1) is 6.92 Å². The Morgan fingerprint density at radius 2 is 2.13 bits per heavy atom. The van der Waals surface area contributed by atoms with Crippen molar-refractivity contribution in [3.63, 3.8) is 0 Å². The molecule has 2 N–H and O–H groups in total. The Hall–Kier alpha value is -1.62. The highest BCUT2D eigenvalue weighted by molar-refractivity contribution is 7.15. The number of aryl methyl sites for hydroxylation is 1. The first-order chi connectivity index (χ1) is 7.22. The van der Waals surface area contributed by atoms with Gasteiger partial charge in [-0.15, -0.1) is 11.3 Å². The van der Waals surface area contributed by atoms with Gasteiger partial charge in [0.1, 0.15) is 12.0 Å². The van der Waals surface area contributed by atoms with Gasteiger partial charge in [-0.2, -0.15) is 0 Å². The number of thiophene rings is 1. The maximum atomic E-state index is 5.70. The van der Waals surface area contributed by atoms with Crippen LogP contribution >= 0.6 is 11.3 Å². The molecule has 2 rings (SSSR count). The van der Waals surface area contributed by atoms with Crippen molar-refractivity contribution in [3.05, 3.63) is 23.3 Å². The smallest absolute Gasteiger partial charge is 0.188 e. The monoisotopic (exact) mass is 221 g/mol. The summed E-state index contributed by atoms with van der Waals surface area (Å²) in [4.78, 5) is 10.3. The molecule has 0 unspecified atom stereocenters. The van der Waals surface area contributed by atoms with E-state index in [4.69, 9.17) is 10.5 Å². The summed E-state index contributed by atoms with van der Waals surface area (Å²) >= 11 is 1.65. The highest BCUT2D eigenvalue weighted by Gasteiger charge is 2.12. The Bertz CT molecular complexity index is 481. The second-order valence-electron chi connectivity index (χ2n) is 3.05. The van der Waals surface area contributed by atoms with Crippen molar-refractivity contribution >= 4 is 17.2 Å². The average molecular weight is 221 g/mol. The lowest BCUT2D eigenvalue weighted by Gasteiger charge is -2.06. The van der Waals surface area contributed by atoms with Gasteiger partial charge >= 0.3 is 0 Å². The molecule has 0 amide bonds. The minimum atomic E-state index is 0.369.